The number of aromatic nitrogens is 2. The van der Waals surface area contributed by atoms with E-state index in [1.165, 1.54) is 0 Å². The van der Waals surface area contributed by atoms with Crippen LogP contribution in [0.15, 0.2) is 65.5 Å². The first-order valence-electron chi connectivity index (χ1n) is 10.9. The largest absolute Gasteiger partial charge is 0.268 e. The number of pyridine rings is 1. The summed E-state index contributed by atoms with van der Waals surface area (Å²) in [7, 11) is 0. The lowest BCUT2D eigenvalue weighted by Crippen LogP contribution is -2.13. The van der Waals surface area contributed by atoms with Crippen LogP contribution in [-0.4, -0.2) is 9.38 Å². The van der Waals surface area contributed by atoms with E-state index in [0.717, 1.165) is 59.5 Å². The van der Waals surface area contributed by atoms with Gasteiger partial charge in [0.1, 0.15) is 5.65 Å². The Bertz CT molecular complexity index is 2230. The van der Waals surface area contributed by atoms with Gasteiger partial charge in [0, 0.05) is 63.2 Å². The standard InChI is InChI=1S/C28H10Cl4N2O/c29-14-7-5-11-6-8-15(30)23-20(11)22(14)24-16(31)9-12-21-13(10-17(32)25(23)26(21)24)28(35)34-19-4-2-1-3-18(19)33-27(12)34/h1-10H. The highest BCUT2D eigenvalue weighted by atomic mass is 35.5. The lowest BCUT2D eigenvalue weighted by atomic mass is 9.87. The van der Waals surface area contributed by atoms with Gasteiger partial charge in [0.15, 0.2) is 0 Å². The molecule has 2 heterocycles. The molecule has 35 heavy (non-hydrogen) atoms. The molecule has 0 bridgehead atoms. The number of hydrogen-bond donors (Lipinski definition) is 0. The molecule has 7 heteroatoms. The molecule has 8 rings (SSSR count). The Balaban J connectivity index is 1.83. The van der Waals surface area contributed by atoms with Crippen LogP contribution in [0, 0.1) is 0 Å². The first-order chi connectivity index (χ1) is 17.0. The van der Waals surface area contributed by atoms with Crippen molar-refractivity contribution in [1.29, 1.82) is 0 Å². The van der Waals surface area contributed by atoms with E-state index < -0.39 is 0 Å². The fourth-order valence-corrected chi connectivity index (χ4v) is 6.89. The predicted octanol–water partition coefficient (Wildman–Crippen LogP) is 9.10. The van der Waals surface area contributed by atoms with Gasteiger partial charge in [-0.25, -0.2) is 4.98 Å². The Morgan fingerprint density at radius 2 is 1.20 bits per heavy atom. The minimum atomic E-state index is -0.183. The van der Waals surface area contributed by atoms with Crippen LogP contribution >= 0.6 is 46.4 Å². The third kappa shape index (κ3) is 2.31. The molecule has 0 aliphatic heterocycles. The molecule has 0 aliphatic rings. The summed E-state index contributed by atoms with van der Waals surface area (Å²) in [5.41, 5.74) is 1.84. The highest BCUT2D eigenvalue weighted by Crippen LogP contribution is 2.51. The van der Waals surface area contributed by atoms with Crippen LogP contribution in [0.3, 0.4) is 0 Å². The topological polar surface area (TPSA) is 34.4 Å². The SMILES string of the molecule is O=c1c2cc(Cl)c3c4c(Cl)ccc5ccc(Cl)c(c6c(Cl)cc(c2c36)c2nc3ccccc3n12)c54. The second-order valence-corrected chi connectivity index (χ2v) is 10.4. The predicted molar refractivity (Wildman–Crippen MR) is 149 cm³/mol. The monoisotopic (exact) mass is 530 g/mol. The van der Waals surface area contributed by atoms with Crippen LogP contribution in [0.1, 0.15) is 0 Å². The molecule has 3 nitrogen and oxygen atoms in total. The van der Waals surface area contributed by atoms with E-state index in [2.05, 4.69) is 0 Å². The van der Waals surface area contributed by atoms with Gasteiger partial charge in [0.25, 0.3) is 5.56 Å². The summed E-state index contributed by atoms with van der Waals surface area (Å²) < 4.78 is 1.64. The van der Waals surface area contributed by atoms with Gasteiger partial charge in [0.2, 0.25) is 0 Å². The van der Waals surface area contributed by atoms with E-state index in [0.29, 0.717) is 31.1 Å². The second-order valence-electron chi connectivity index (χ2n) is 8.82. The molecule has 166 valence electrons. The number of para-hydroxylation sites is 2. The average molecular weight is 532 g/mol. The van der Waals surface area contributed by atoms with Crippen molar-refractivity contribution in [3.05, 3.63) is 91.1 Å². The molecule has 6 aromatic carbocycles. The van der Waals surface area contributed by atoms with Crippen molar-refractivity contribution in [1.82, 2.24) is 9.38 Å². The summed E-state index contributed by atoms with van der Waals surface area (Å²) in [6, 6.07) is 18.8. The quantitative estimate of drug-likeness (QED) is 0.144. The van der Waals surface area contributed by atoms with Crippen molar-refractivity contribution >= 4 is 117 Å². The van der Waals surface area contributed by atoms with E-state index in [9.17, 15) is 4.79 Å². The summed E-state index contributed by atoms with van der Waals surface area (Å²) in [4.78, 5) is 18.7. The van der Waals surface area contributed by atoms with E-state index in [1.807, 2.05) is 54.6 Å². The number of rotatable bonds is 0. The third-order valence-electron chi connectivity index (χ3n) is 7.13. The maximum Gasteiger partial charge on any atom is 0.264 e. The van der Waals surface area contributed by atoms with Crippen molar-refractivity contribution < 1.29 is 0 Å². The lowest BCUT2D eigenvalue weighted by molar-refractivity contribution is 1.19. The summed E-state index contributed by atoms with van der Waals surface area (Å²) in [6.45, 7) is 0. The minimum Gasteiger partial charge on any atom is -0.268 e. The Morgan fingerprint density at radius 1 is 0.600 bits per heavy atom. The summed E-state index contributed by atoms with van der Waals surface area (Å²) in [6.07, 6.45) is 0. The second kappa shape index (κ2) is 6.57. The molecule has 0 spiro atoms. The normalized spacial score (nSPS) is 12.7. The van der Waals surface area contributed by atoms with E-state index >= 15 is 0 Å². The van der Waals surface area contributed by atoms with Crippen molar-refractivity contribution in [3.8, 4) is 0 Å². The average Bonchev–Trinajstić information content (AvgIpc) is 3.24. The first kappa shape index (κ1) is 20.1. The Morgan fingerprint density at radius 3 is 1.89 bits per heavy atom. The van der Waals surface area contributed by atoms with Crippen LogP contribution < -0.4 is 5.56 Å². The fourth-order valence-electron chi connectivity index (χ4n) is 5.79. The van der Waals surface area contributed by atoms with E-state index in [1.54, 1.807) is 10.5 Å². The maximum atomic E-state index is 13.9. The third-order valence-corrected chi connectivity index (χ3v) is 8.35. The molecule has 2 aromatic heterocycles. The molecule has 8 aromatic rings. The molecule has 0 amide bonds. The zero-order chi connectivity index (χ0) is 23.7. The number of halogens is 4. The van der Waals surface area contributed by atoms with Gasteiger partial charge in [-0.3, -0.25) is 9.20 Å². The maximum absolute atomic E-state index is 13.9. The molecular formula is C28H10Cl4N2O. The molecule has 0 aliphatic carbocycles. The van der Waals surface area contributed by atoms with Gasteiger partial charge in [-0.15, -0.1) is 0 Å². The van der Waals surface area contributed by atoms with Gasteiger partial charge in [-0.1, -0.05) is 70.7 Å². The number of nitrogens with zero attached hydrogens (tertiary/aromatic N) is 2. The number of imidazole rings is 1. The van der Waals surface area contributed by atoms with Crippen LogP contribution in [-0.2, 0) is 0 Å². The Labute approximate surface area is 216 Å². The summed E-state index contributed by atoms with van der Waals surface area (Å²) in [5.74, 6) is 0. The highest BCUT2D eigenvalue weighted by Gasteiger charge is 2.26. The smallest absolute Gasteiger partial charge is 0.264 e. The molecule has 0 saturated heterocycles. The molecule has 0 unspecified atom stereocenters. The van der Waals surface area contributed by atoms with Gasteiger partial charge in [-0.2, -0.15) is 0 Å². The molecule has 0 radical (unpaired) electrons. The number of fused-ring (bicyclic) bond motifs is 6. The number of hydrogen-bond acceptors (Lipinski definition) is 2. The molecule has 0 atom stereocenters. The fraction of sp³-hybridized carbons (Fsp3) is 0. The van der Waals surface area contributed by atoms with E-state index in [-0.39, 0.29) is 5.56 Å². The van der Waals surface area contributed by atoms with Gasteiger partial charge < -0.3 is 0 Å². The summed E-state index contributed by atoms with van der Waals surface area (Å²) >= 11 is 27.6. The molecule has 0 N–H and O–H groups in total. The summed E-state index contributed by atoms with van der Waals surface area (Å²) in [5, 5.41) is 9.85. The van der Waals surface area contributed by atoms with Crippen LogP contribution in [0.25, 0.3) is 70.5 Å². The van der Waals surface area contributed by atoms with Crippen molar-refractivity contribution in [2.75, 3.05) is 0 Å². The zero-order valence-corrected chi connectivity index (χ0v) is 20.6. The minimum absolute atomic E-state index is 0.183. The highest BCUT2D eigenvalue weighted by molar-refractivity contribution is 6.54. The number of benzene rings is 6. The van der Waals surface area contributed by atoms with Gasteiger partial charge in [0.05, 0.1) is 16.4 Å². The van der Waals surface area contributed by atoms with Crippen LogP contribution in [0.5, 0.6) is 0 Å². The molecule has 0 saturated carbocycles. The van der Waals surface area contributed by atoms with Crippen molar-refractivity contribution in [2.45, 2.75) is 0 Å². The van der Waals surface area contributed by atoms with Crippen molar-refractivity contribution in [3.63, 3.8) is 0 Å². The van der Waals surface area contributed by atoms with Crippen LogP contribution in [0.4, 0.5) is 0 Å². The van der Waals surface area contributed by atoms with Gasteiger partial charge >= 0.3 is 0 Å². The Kier molecular flexibility index (Phi) is 3.78. The zero-order valence-electron chi connectivity index (χ0n) is 17.6. The molecular weight excluding hydrogens is 522 g/mol. The van der Waals surface area contributed by atoms with Crippen LogP contribution in [0.2, 0.25) is 20.1 Å². The lowest BCUT2D eigenvalue weighted by Gasteiger charge is -2.20. The molecule has 0 fully saturated rings. The van der Waals surface area contributed by atoms with Gasteiger partial charge in [-0.05, 0) is 41.8 Å². The van der Waals surface area contributed by atoms with E-state index in [4.69, 9.17) is 51.4 Å². The first-order valence-corrected chi connectivity index (χ1v) is 12.4. The Hall–Kier alpha value is -3.08. The van der Waals surface area contributed by atoms with Crippen molar-refractivity contribution in [2.24, 2.45) is 0 Å².